The lowest BCUT2D eigenvalue weighted by molar-refractivity contribution is -0.125. The van der Waals surface area contributed by atoms with Crippen molar-refractivity contribution in [3.05, 3.63) is 29.2 Å². The molecule has 1 aliphatic rings. The van der Waals surface area contributed by atoms with Crippen molar-refractivity contribution < 1.29 is 18.3 Å². The van der Waals surface area contributed by atoms with Gasteiger partial charge in [0.05, 0.1) is 0 Å². The van der Waals surface area contributed by atoms with Crippen LogP contribution in [-0.2, 0) is 17.6 Å². The molecule has 0 saturated heterocycles. The molecule has 118 valence electrons. The molecule has 0 saturated carbocycles. The summed E-state index contributed by atoms with van der Waals surface area (Å²) in [5.41, 5.74) is 2.55. The van der Waals surface area contributed by atoms with Crippen LogP contribution in [-0.4, -0.2) is 29.7 Å². The third-order valence-corrected chi connectivity index (χ3v) is 3.92. The highest BCUT2D eigenvalue weighted by atomic mass is 19.1. The molecule has 3 rings (SSSR count). The topological polar surface area (TPSA) is 54.1 Å². The summed E-state index contributed by atoms with van der Waals surface area (Å²) in [6.07, 6.45) is 1.44. The normalized spacial score (nSPS) is 18.1. The van der Waals surface area contributed by atoms with E-state index in [1.54, 1.807) is 6.20 Å². The molecule has 2 atom stereocenters. The molecule has 6 heteroatoms. The maximum Gasteiger partial charge on any atom is 0.254 e. The van der Waals surface area contributed by atoms with Gasteiger partial charge in [-0.25, -0.2) is 8.78 Å². The molecular formula is C16H18F2N2O2. The second-order valence-corrected chi connectivity index (χ2v) is 5.69. The Hall–Kier alpha value is -2.11. The standard InChI is InChI=1S/C16H18F2N2O2/c1-8-5-11-14-10(3-4-19-16(21)9(2)17)7-20-13(14)6-12(18)15(11)22-8/h6-9,20H,3-5H2,1-2H3,(H,19,21). The lowest BCUT2D eigenvalue weighted by atomic mass is 10.0. The van der Waals surface area contributed by atoms with Gasteiger partial charge in [0.2, 0.25) is 0 Å². The van der Waals surface area contributed by atoms with Gasteiger partial charge in [-0.2, -0.15) is 0 Å². The van der Waals surface area contributed by atoms with Gasteiger partial charge in [0.15, 0.2) is 17.7 Å². The monoisotopic (exact) mass is 308 g/mol. The van der Waals surface area contributed by atoms with E-state index in [9.17, 15) is 13.6 Å². The molecule has 0 aliphatic carbocycles. The maximum absolute atomic E-state index is 14.0. The van der Waals surface area contributed by atoms with Gasteiger partial charge in [-0.05, 0) is 25.8 Å². The van der Waals surface area contributed by atoms with Gasteiger partial charge in [0.25, 0.3) is 5.91 Å². The minimum absolute atomic E-state index is 0.0510. The number of H-pyrrole nitrogens is 1. The number of aromatic nitrogens is 1. The highest BCUT2D eigenvalue weighted by molar-refractivity contribution is 5.89. The largest absolute Gasteiger partial charge is 0.487 e. The number of nitrogens with one attached hydrogen (secondary N) is 2. The minimum Gasteiger partial charge on any atom is -0.487 e. The summed E-state index contributed by atoms with van der Waals surface area (Å²) >= 11 is 0. The number of amides is 1. The number of benzene rings is 1. The summed E-state index contributed by atoms with van der Waals surface area (Å²) in [7, 11) is 0. The number of ether oxygens (including phenoxy) is 1. The number of carbonyl (C=O) groups is 1. The molecule has 0 spiro atoms. The Kier molecular flexibility index (Phi) is 3.76. The van der Waals surface area contributed by atoms with Gasteiger partial charge >= 0.3 is 0 Å². The average Bonchev–Trinajstić information content (AvgIpc) is 3.02. The van der Waals surface area contributed by atoms with Gasteiger partial charge in [0.1, 0.15) is 6.10 Å². The average molecular weight is 308 g/mol. The summed E-state index contributed by atoms with van der Waals surface area (Å²) in [6, 6.07) is 1.43. The molecular weight excluding hydrogens is 290 g/mol. The van der Waals surface area contributed by atoms with E-state index < -0.39 is 12.1 Å². The van der Waals surface area contributed by atoms with Crippen LogP contribution in [0.4, 0.5) is 8.78 Å². The molecule has 1 aliphatic heterocycles. The first-order chi connectivity index (χ1) is 10.5. The van der Waals surface area contributed by atoms with Gasteiger partial charge in [-0.15, -0.1) is 0 Å². The van der Waals surface area contributed by atoms with E-state index in [0.717, 1.165) is 16.5 Å². The van der Waals surface area contributed by atoms with Crippen molar-refractivity contribution in [1.29, 1.82) is 0 Å². The third kappa shape index (κ3) is 2.53. The van der Waals surface area contributed by atoms with E-state index in [1.165, 1.54) is 13.0 Å². The highest BCUT2D eigenvalue weighted by Crippen LogP contribution is 2.38. The number of hydrogen-bond donors (Lipinski definition) is 2. The van der Waals surface area contributed by atoms with Crippen LogP contribution >= 0.6 is 0 Å². The van der Waals surface area contributed by atoms with Gasteiger partial charge < -0.3 is 15.0 Å². The first kappa shape index (κ1) is 14.8. The fourth-order valence-electron chi connectivity index (χ4n) is 2.91. The molecule has 0 bridgehead atoms. The van der Waals surface area contributed by atoms with Gasteiger partial charge in [-0.1, -0.05) is 0 Å². The molecule has 2 unspecified atom stereocenters. The smallest absolute Gasteiger partial charge is 0.254 e. The van der Waals surface area contributed by atoms with Gasteiger partial charge in [0, 0.05) is 41.7 Å². The number of carbonyl (C=O) groups excluding carboxylic acids is 1. The summed E-state index contributed by atoms with van der Waals surface area (Å²) in [5.74, 6) is -0.657. The quantitative estimate of drug-likeness (QED) is 0.912. The Morgan fingerprint density at radius 3 is 3.09 bits per heavy atom. The van der Waals surface area contributed by atoms with Crippen molar-refractivity contribution in [2.75, 3.05) is 6.54 Å². The van der Waals surface area contributed by atoms with E-state index in [0.29, 0.717) is 30.7 Å². The lowest BCUT2D eigenvalue weighted by Crippen LogP contribution is -2.31. The Morgan fingerprint density at radius 1 is 1.59 bits per heavy atom. The van der Waals surface area contributed by atoms with Crippen LogP contribution in [0.1, 0.15) is 25.0 Å². The first-order valence-electron chi connectivity index (χ1n) is 7.37. The summed E-state index contributed by atoms with van der Waals surface area (Å²) in [4.78, 5) is 14.3. The van der Waals surface area contributed by atoms with Crippen LogP contribution in [0.15, 0.2) is 12.3 Å². The van der Waals surface area contributed by atoms with Crippen molar-refractivity contribution in [2.45, 2.75) is 39.0 Å². The van der Waals surface area contributed by atoms with Crippen molar-refractivity contribution in [3.8, 4) is 5.75 Å². The number of rotatable bonds is 4. The van der Waals surface area contributed by atoms with E-state index in [1.807, 2.05) is 6.92 Å². The first-order valence-corrected chi connectivity index (χ1v) is 7.37. The van der Waals surface area contributed by atoms with Crippen LogP contribution in [0.25, 0.3) is 10.9 Å². The predicted octanol–water partition coefficient (Wildman–Crippen LogP) is 2.65. The second-order valence-electron chi connectivity index (χ2n) is 5.69. The summed E-state index contributed by atoms with van der Waals surface area (Å²) < 4.78 is 32.3. The Balaban J connectivity index is 1.86. The van der Waals surface area contributed by atoms with Crippen LogP contribution in [0.2, 0.25) is 0 Å². The van der Waals surface area contributed by atoms with Crippen LogP contribution in [0, 0.1) is 5.82 Å². The minimum atomic E-state index is -1.52. The van der Waals surface area contributed by atoms with E-state index in [-0.39, 0.29) is 11.9 Å². The van der Waals surface area contributed by atoms with Crippen molar-refractivity contribution >= 4 is 16.8 Å². The maximum atomic E-state index is 14.0. The van der Waals surface area contributed by atoms with Crippen LogP contribution in [0.3, 0.4) is 0 Å². The molecule has 22 heavy (non-hydrogen) atoms. The zero-order valence-electron chi connectivity index (χ0n) is 12.5. The molecule has 0 fully saturated rings. The Morgan fingerprint density at radius 2 is 2.36 bits per heavy atom. The number of hydrogen-bond acceptors (Lipinski definition) is 2. The van der Waals surface area contributed by atoms with E-state index in [2.05, 4.69) is 10.3 Å². The summed E-state index contributed by atoms with van der Waals surface area (Å²) in [5, 5.41) is 3.49. The fourth-order valence-corrected chi connectivity index (χ4v) is 2.91. The number of halogens is 2. The second kappa shape index (κ2) is 5.59. The SMILES string of the molecule is CC1Cc2c(c(F)cc3[nH]cc(CCNC(=O)C(C)F)c23)O1. The van der Waals surface area contributed by atoms with Crippen molar-refractivity contribution in [2.24, 2.45) is 0 Å². The van der Waals surface area contributed by atoms with Crippen molar-refractivity contribution in [3.63, 3.8) is 0 Å². The lowest BCUT2D eigenvalue weighted by Gasteiger charge is -2.07. The molecule has 4 nitrogen and oxygen atoms in total. The van der Waals surface area contributed by atoms with Crippen LogP contribution < -0.4 is 10.1 Å². The third-order valence-electron chi connectivity index (χ3n) is 3.92. The molecule has 2 aromatic rings. The predicted molar refractivity (Wildman–Crippen MR) is 79.3 cm³/mol. The molecule has 2 N–H and O–H groups in total. The Bertz CT molecular complexity index is 724. The van der Waals surface area contributed by atoms with Crippen LogP contribution in [0.5, 0.6) is 5.75 Å². The highest BCUT2D eigenvalue weighted by Gasteiger charge is 2.27. The zero-order valence-corrected chi connectivity index (χ0v) is 12.5. The molecule has 1 aromatic heterocycles. The van der Waals surface area contributed by atoms with Crippen molar-refractivity contribution in [1.82, 2.24) is 10.3 Å². The number of fused-ring (bicyclic) bond motifs is 3. The molecule has 2 heterocycles. The van der Waals surface area contributed by atoms with E-state index >= 15 is 0 Å². The number of alkyl halides is 1. The fraction of sp³-hybridized carbons (Fsp3) is 0.438. The molecule has 0 radical (unpaired) electrons. The Labute approximate surface area is 126 Å². The number of aromatic amines is 1. The summed E-state index contributed by atoms with van der Waals surface area (Å²) in [6.45, 7) is 3.44. The van der Waals surface area contributed by atoms with Gasteiger partial charge in [-0.3, -0.25) is 4.79 Å². The molecule has 1 amide bonds. The molecule has 1 aromatic carbocycles. The van der Waals surface area contributed by atoms with E-state index in [4.69, 9.17) is 4.74 Å². The zero-order chi connectivity index (χ0) is 15.9.